The number of oxazole rings is 1. The van der Waals surface area contributed by atoms with Crippen molar-refractivity contribution in [1.82, 2.24) is 24.8 Å². The number of aliphatic hydroxyl groups is 1. The Morgan fingerprint density at radius 2 is 1.79 bits per heavy atom. The Bertz CT molecular complexity index is 2240. The predicted octanol–water partition coefficient (Wildman–Crippen LogP) is 7.57. The number of aliphatic carboxylic acids is 1. The molecule has 0 unspecified atom stereocenters. The molecule has 53 heavy (non-hydrogen) atoms. The molecule has 4 heterocycles. The molecular weight excluding hydrogens is 711 g/mol. The fraction of sp³-hybridized carbons (Fsp3) is 0.385. The summed E-state index contributed by atoms with van der Waals surface area (Å²) in [5, 5.41) is 19.9. The molecule has 2 fully saturated rings. The molecule has 10 nitrogen and oxygen atoms in total. The van der Waals surface area contributed by atoms with Gasteiger partial charge in [0.25, 0.3) is 0 Å². The number of likely N-dealkylation sites (tertiary alicyclic amines) is 2. The second kappa shape index (κ2) is 13.7. The molecule has 5 aromatic rings. The normalized spacial score (nSPS) is 20.8. The minimum Gasteiger partial charge on any atom is -0.481 e. The molecule has 276 valence electrons. The lowest BCUT2D eigenvalue weighted by Crippen LogP contribution is -2.26. The molecule has 2 saturated heterocycles. The molecule has 3 atom stereocenters. The summed E-state index contributed by atoms with van der Waals surface area (Å²) in [6.45, 7) is 4.46. The van der Waals surface area contributed by atoms with E-state index in [4.69, 9.17) is 25.7 Å². The number of hydrogen-bond donors (Lipinski definition) is 2. The average molecular weight is 748 g/mol. The summed E-state index contributed by atoms with van der Waals surface area (Å²) in [5.74, 6) is -1.01. The van der Waals surface area contributed by atoms with E-state index in [9.17, 15) is 28.2 Å². The zero-order valence-electron chi connectivity index (χ0n) is 29.1. The fourth-order valence-corrected chi connectivity index (χ4v) is 8.58. The minimum absolute atomic E-state index is 0.0566. The summed E-state index contributed by atoms with van der Waals surface area (Å²) in [5.41, 5.74) is 4.13. The van der Waals surface area contributed by atoms with Crippen molar-refractivity contribution >= 4 is 28.7 Å². The largest absolute Gasteiger partial charge is 0.481 e. The van der Waals surface area contributed by atoms with Gasteiger partial charge in [0, 0.05) is 48.9 Å². The number of methoxy groups -OCH3 is 1. The summed E-state index contributed by atoms with van der Waals surface area (Å²) in [6.07, 6.45) is -1.55. The van der Waals surface area contributed by atoms with Gasteiger partial charge in [-0.25, -0.2) is 9.97 Å². The van der Waals surface area contributed by atoms with E-state index in [2.05, 4.69) is 14.9 Å². The molecule has 3 aliphatic rings. The van der Waals surface area contributed by atoms with Crippen molar-refractivity contribution in [2.75, 3.05) is 33.3 Å². The third kappa shape index (κ3) is 6.43. The van der Waals surface area contributed by atoms with Crippen molar-refractivity contribution < 1.29 is 37.3 Å². The van der Waals surface area contributed by atoms with E-state index in [1.165, 1.54) is 7.11 Å². The van der Waals surface area contributed by atoms with E-state index in [1.54, 1.807) is 24.4 Å². The van der Waals surface area contributed by atoms with Crippen LogP contribution in [0.1, 0.15) is 53.3 Å². The van der Waals surface area contributed by atoms with Crippen LogP contribution in [0.3, 0.4) is 0 Å². The quantitative estimate of drug-likeness (QED) is 0.164. The number of ether oxygens (including phenoxy) is 1. The third-order valence-electron chi connectivity index (χ3n) is 10.9. The van der Waals surface area contributed by atoms with Gasteiger partial charge in [0.15, 0.2) is 5.58 Å². The number of aliphatic hydroxyl groups excluding tert-OH is 1. The van der Waals surface area contributed by atoms with Crippen LogP contribution in [-0.2, 0) is 23.9 Å². The van der Waals surface area contributed by atoms with Crippen molar-refractivity contribution in [3.63, 3.8) is 0 Å². The van der Waals surface area contributed by atoms with Gasteiger partial charge in [0.2, 0.25) is 11.8 Å². The van der Waals surface area contributed by atoms with Gasteiger partial charge >= 0.3 is 12.1 Å². The van der Waals surface area contributed by atoms with Crippen molar-refractivity contribution in [1.29, 1.82) is 0 Å². The number of nitrogens with zero attached hydrogens (tertiary/aromatic N) is 5. The van der Waals surface area contributed by atoms with Crippen molar-refractivity contribution in [2.45, 2.75) is 57.5 Å². The van der Waals surface area contributed by atoms with Crippen LogP contribution in [0, 0.1) is 12.8 Å². The lowest BCUT2D eigenvalue weighted by molar-refractivity contribution is -0.141. The molecule has 14 heteroatoms. The van der Waals surface area contributed by atoms with E-state index in [0.717, 1.165) is 12.1 Å². The maximum absolute atomic E-state index is 14.8. The smallest absolute Gasteiger partial charge is 0.420 e. The van der Waals surface area contributed by atoms with Gasteiger partial charge in [-0.1, -0.05) is 41.9 Å². The minimum atomic E-state index is -4.69. The number of fused-ring (bicyclic) bond motifs is 2. The van der Waals surface area contributed by atoms with Crippen LogP contribution in [0.2, 0.25) is 5.02 Å². The van der Waals surface area contributed by atoms with Crippen LogP contribution in [-0.4, -0.2) is 80.3 Å². The number of β-amino-alcohol motifs (C(OH)–C–C–N with tert-alkyl or cyclic N) is 1. The molecule has 0 radical (unpaired) electrons. The Kier molecular flexibility index (Phi) is 9.16. The van der Waals surface area contributed by atoms with Crippen LogP contribution in [0.5, 0.6) is 5.88 Å². The number of hydrogen-bond acceptors (Lipinski definition) is 9. The standard InChI is InChI=1S/C39H37ClF3N5O5/c1-20-23(26-7-4-8-27(34(26)40)30-16-44-31(37(46-30)52-2)19-47-13-12-22(49)18-47)5-3-6-24(20)36-45-29-15-28-25(33(35(29)53-36)39(41,42)43)9-10-32(28)48-14-11-21(17-48)38(50)51/h3-8,15-16,21-22,32,49H,9-14,17-19H2,1-2H3,(H,50,51)/t21-,22-,32-/m1/s1. The SMILES string of the molecule is COc1nc(-c2cccc(-c3cccc(-c4nc5cc6c(c(C(F)(F)F)c5o4)CC[C@H]6N4CC[C@@H](C(=O)O)C4)c3C)c2Cl)cnc1CN1CC[C@@H](O)C1. The first-order valence-electron chi connectivity index (χ1n) is 17.6. The van der Waals surface area contributed by atoms with Gasteiger partial charge in [-0.05, 0) is 73.5 Å². The second-order valence-corrected chi connectivity index (χ2v) is 14.5. The third-order valence-corrected chi connectivity index (χ3v) is 11.3. The highest BCUT2D eigenvalue weighted by Crippen LogP contribution is 2.48. The Balaban J connectivity index is 1.15. The fourth-order valence-electron chi connectivity index (χ4n) is 8.26. The molecule has 3 aromatic carbocycles. The summed E-state index contributed by atoms with van der Waals surface area (Å²) in [4.78, 5) is 29.7. The molecule has 8 rings (SSSR count). The first-order valence-corrected chi connectivity index (χ1v) is 18.0. The first kappa shape index (κ1) is 35.5. The van der Waals surface area contributed by atoms with Gasteiger partial charge in [-0.2, -0.15) is 13.2 Å². The molecule has 0 spiro atoms. The molecule has 2 aliphatic heterocycles. The Labute approximate surface area is 308 Å². The number of carboxylic acids is 1. The van der Waals surface area contributed by atoms with Crippen LogP contribution < -0.4 is 4.74 Å². The van der Waals surface area contributed by atoms with Gasteiger partial charge in [0.1, 0.15) is 16.8 Å². The van der Waals surface area contributed by atoms with Crippen LogP contribution in [0.15, 0.2) is 53.1 Å². The van der Waals surface area contributed by atoms with Gasteiger partial charge in [-0.15, -0.1) is 0 Å². The van der Waals surface area contributed by atoms with Crippen molar-refractivity contribution in [3.8, 4) is 39.7 Å². The van der Waals surface area contributed by atoms with Crippen LogP contribution in [0.4, 0.5) is 13.2 Å². The lowest BCUT2D eigenvalue weighted by Gasteiger charge is -2.25. The molecule has 0 amide bonds. The number of rotatable bonds is 8. The highest BCUT2D eigenvalue weighted by Gasteiger charge is 2.44. The number of carbonyl (C=O) groups is 1. The van der Waals surface area contributed by atoms with E-state index in [0.29, 0.717) is 95.5 Å². The average Bonchev–Trinajstić information content (AvgIpc) is 3.94. The van der Waals surface area contributed by atoms with Crippen molar-refractivity contribution in [3.05, 3.63) is 81.6 Å². The summed E-state index contributed by atoms with van der Waals surface area (Å²) >= 11 is 7.08. The zero-order chi connectivity index (χ0) is 37.2. The van der Waals surface area contributed by atoms with Gasteiger partial charge in [0.05, 0.1) is 36.0 Å². The molecule has 2 N–H and O–H groups in total. The van der Waals surface area contributed by atoms with E-state index < -0.39 is 23.6 Å². The number of carboxylic acid groups (broad SMARTS) is 1. The second-order valence-electron chi connectivity index (χ2n) is 14.1. The van der Waals surface area contributed by atoms with E-state index in [1.807, 2.05) is 36.1 Å². The van der Waals surface area contributed by atoms with Crippen molar-refractivity contribution in [2.24, 2.45) is 5.92 Å². The zero-order valence-corrected chi connectivity index (χ0v) is 29.8. The van der Waals surface area contributed by atoms with E-state index >= 15 is 0 Å². The molecular formula is C39H37ClF3N5O5. The maximum Gasteiger partial charge on any atom is 0.420 e. The van der Waals surface area contributed by atoms with E-state index in [-0.39, 0.29) is 41.1 Å². The molecule has 1 aliphatic carbocycles. The Morgan fingerprint density at radius 3 is 2.49 bits per heavy atom. The Hall–Kier alpha value is -4.56. The highest BCUT2D eigenvalue weighted by atomic mass is 35.5. The monoisotopic (exact) mass is 747 g/mol. The number of halogens is 4. The van der Waals surface area contributed by atoms with Gasteiger partial charge < -0.3 is 19.4 Å². The lowest BCUT2D eigenvalue weighted by atomic mass is 9.94. The predicted molar refractivity (Wildman–Crippen MR) is 191 cm³/mol. The first-order chi connectivity index (χ1) is 25.4. The summed E-state index contributed by atoms with van der Waals surface area (Å²) in [6, 6.07) is 12.3. The van der Waals surface area contributed by atoms with Gasteiger partial charge in [-0.3, -0.25) is 19.6 Å². The van der Waals surface area contributed by atoms with Crippen LogP contribution >= 0.6 is 11.6 Å². The number of aromatic nitrogens is 3. The molecule has 2 aromatic heterocycles. The Morgan fingerprint density at radius 1 is 1.04 bits per heavy atom. The topological polar surface area (TPSA) is 125 Å². The number of alkyl halides is 3. The highest BCUT2D eigenvalue weighted by molar-refractivity contribution is 6.36. The van der Waals surface area contributed by atoms with Crippen LogP contribution in [0.25, 0.3) is 44.9 Å². The molecule has 0 saturated carbocycles. The number of benzene rings is 3. The molecule has 0 bridgehead atoms. The summed E-state index contributed by atoms with van der Waals surface area (Å²) in [7, 11) is 1.53. The maximum atomic E-state index is 14.8. The summed E-state index contributed by atoms with van der Waals surface area (Å²) < 4.78 is 56.0.